The van der Waals surface area contributed by atoms with Gasteiger partial charge in [-0.2, -0.15) is 5.10 Å². The second-order valence-electron chi connectivity index (χ2n) is 3.25. The van der Waals surface area contributed by atoms with E-state index in [2.05, 4.69) is 5.10 Å². The van der Waals surface area contributed by atoms with Gasteiger partial charge >= 0.3 is 5.97 Å². The van der Waals surface area contributed by atoms with Crippen molar-refractivity contribution < 1.29 is 9.90 Å². The number of aromatic nitrogens is 2. The molecule has 0 aliphatic carbocycles. The monoisotopic (exact) mass is 168 g/mol. The predicted octanol–water partition coefficient (Wildman–Crippen LogP) is 1.01. The van der Waals surface area contributed by atoms with Crippen molar-refractivity contribution in [1.82, 2.24) is 9.78 Å². The number of carboxylic acid groups (broad SMARTS) is 1. The van der Waals surface area contributed by atoms with Crippen molar-refractivity contribution in [3.8, 4) is 0 Å². The minimum Gasteiger partial charge on any atom is -0.479 e. The van der Waals surface area contributed by atoms with Gasteiger partial charge in [0, 0.05) is 11.9 Å². The molecule has 0 aliphatic heterocycles. The standard InChI is InChI=1S/C8H12N2O2/c1-6-4-5-9-10(6)8(2,3)7(11)12/h4-5H,1-3H3,(H,11,12). The molecule has 1 heterocycles. The highest BCUT2D eigenvalue weighted by Crippen LogP contribution is 2.15. The number of aryl methyl sites for hydroxylation is 1. The lowest BCUT2D eigenvalue weighted by atomic mass is 10.1. The molecule has 4 heteroatoms. The Morgan fingerprint density at radius 2 is 2.25 bits per heavy atom. The zero-order chi connectivity index (χ0) is 9.35. The van der Waals surface area contributed by atoms with E-state index in [-0.39, 0.29) is 0 Å². The topological polar surface area (TPSA) is 55.1 Å². The summed E-state index contributed by atoms with van der Waals surface area (Å²) < 4.78 is 1.50. The Morgan fingerprint density at radius 3 is 2.58 bits per heavy atom. The molecule has 0 saturated carbocycles. The summed E-state index contributed by atoms with van der Waals surface area (Å²) in [6.45, 7) is 5.07. The SMILES string of the molecule is Cc1ccnn1C(C)(C)C(=O)O. The fourth-order valence-electron chi connectivity index (χ4n) is 1.05. The van der Waals surface area contributed by atoms with Crippen molar-refractivity contribution in [2.75, 3.05) is 0 Å². The molecule has 12 heavy (non-hydrogen) atoms. The van der Waals surface area contributed by atoms with E-state index in [1.165, 1.54) is 4.68 Å². The van der Waals surface area contributed by atoms with Gasteiger partial charge in [0.25, 0.3) is 0 Å². The molecule has 0 aromatic carbocycles. The van der Waals surface area contributed by atoms with Gasteiger partial charge in [-0.1, -0.05) is 0 Å². The normalized spacial score (nSPS) is 11.6. The highest BCUT2D eigenvalue weighted by Gasteiger charge is 2.30. The molecule has 1 N–H and O–H groups in total. The van der Waals surface area contributed by atoms with E-state index in [9.17, 15) is 4.79 Å². The van der Waals surface area contributed by atoms with Crippen LogP contribution in [0.15, 0.2) is 12.3 Å². The zero-order valence-electron chi connectivity index (χ0n) is 7.40. The van der Waals surface area contributed by atoms with Crippen LogP contribution in [0.3, 0.4) is 0 Å². The summed E-state index contributed by atoms with van der Waals surface area (Å²) in [5.74, 6) is -0.880. The second kappa shape index (κ2) is 2.62. The Balaban J connectivity index is 3.13. The van der Waals surface area contributed by atoms with Crippen LogP contribution in [0, 0.1) is 6.92 Å². The highest BCUT2D eigenvalue weighted by atomic mass is 16.4. The van der Waals surface area contributed by atoms with E-state index in [0.717, 1.165) is 5.69 Å². The minimum absolute atomic E-state index is 0.849. The molecule has 0 bridgehead atoms. The number of carbonyl (C=O) groups is 1. The van der Waals surface area contributed by atoms with E-state index >= 15 is 0 Å². The first-order chi connectivity index (χ1) is 5.46. The van der Waals surface area contributed by atoms with Gasteiger partial charge in [-0.25, -0.2) is 4.79 Å². The Morgan fingerprint density at radius 1 is 1.67 bits per heavy atom. The first-order valence-electron chi connectivity index (χ1n) is 3.71. The first kappa shape index (κ1) is 8.77. The highest BCUT2D eigenvalue weighted by molar-refractivity contribution is 5.75. The average molecular weight is 168 g/mol. The van der Waals surface area contributed by atoms with Crippen LogP contribution in [0.25, 0.3) is 0 Å². The smallest absolute Gasteiger partial charge is 0.331 e. The Hall–Kier alpha value is -1.32. The van der Waals surface area contributed by atoms with Gasteiger partial charge in [0.2, 0.25) is 0 Å². The number of carboxylic acids is 1. The van der Waals surface area contributed by atoms with Crippen LogP contribution in [0.5, 0.6) is 0 Å². The molecule has 0 aliphatic rings. The van der Waals surface area contributed by atoms with Gasteiger partial charge in [0.1, 0.15) is 0 Å². The molecule has 66 valence electrons. The summed E-state index contributed by atoms with van der Waals surface area (Å²) >= 11 is 0. The molecule has 0 spiro atoms. The van der Waals surface area contributed by atoms with Gasteiger partial charge in [0.15, 0.2) is 5.54 Å². The Labute approximate surface area is 70.8 Å². The van der Waals surface area contributed by atoms with E-state index in [4.69, 9.17) is 5.11 Å². The molecule has 0 atom stereocenters. The minimum atomic E-state index is -0.965. The van der Waals surface area contributed by atoms with Gasteiger partial charge in [-0.05, 0) is 26.8 Å². The van der Waals surface area contributed by atoms with E-state index in [1.807, 2.05) is 6.92 Å². The Kier molecular flexibility index (Phi) is 1.92. The molecule has 1 aromatic heterocycles. The molecule has 4 nitrogen and oxygen atoms in total. The fraction of sp³-hybridized carbons (Fsp3) is 0.500. The summed E-state index contributed by atoms with van der Waals surface area (Å²) in [5, 5.41) is 12.8. The number of hydrogen-bond donors (Lipinski definition) is 1. The Bertz CT molecular complexity index is 302. The molecule has 1 rings (SSSR count). The van der Waals surface area contributed by atoms with E-state index in [0.29, 0.717) is 0 Å². The summed E-state index contributed by atoms with van der Waals surface area (Å²) in [5.41, 5.74) is -0.115. The van der Waals surface area contributed by atoms with Crippen LogP contribution in [-0.2, 0) is 10.3 Å². The van der Waals surface area contributed by atoms with Crippen molar-refractivity contribution in [3.05, 3.63) is 18.0 Å². The molecular weight excluding hydrogens is 156 g/mol. The van der Waals surface area contributed by atoms with Gasteiger partial charge in [-0.15, -0.1) is 0 Å². The summed E-state index contributed by atoms with van der Waals surface area (Å²) in [4.78, 5) is 10.8. The number of nitrogens with zero attached hydrogens (tertiary/aromatic N) is 2. The molecule has 0 fully saturated rings. The van der Waals surface area contributed by atoms with Crippen molar-refractivity contribution in [2.45, 2.75) is 26.3 Å². The third-order valence-corrected chi connectivity index (χ3v) is 1.88. The van der Waals surface area contributed by atoms with Crippen LogP contribution in [0.1, 0.15) is 19.5 Å². The van der Waals surface area contributed by atoms with Crippen molar-refractivity contribution in [1.29, 1.82) is 0 Å². The van der Waals surface area contributed by atoms with E-state index < -0.39 is 11.5 Å². The summed E-state index contributed by atoms with van der Waals surface area (Å²) in [7, 11) is 0. The number of hydrogen-bond acceptors (Lipinski definition) is 2. The van der Waals surface area contributed by atoms with Crippen molar-refractivity contribution in [2.24, 2.45) is 0 Å². The fourth-order valence-corrected chi connectivity index (χ4v) is 1.05. The maximum atomic E-state index is 10.8. The third kappa shape index (κ3) is 1.20. The molecule has 0 radical (unpaired) electrons. The van der Waals surface area contributed by atoms with Crippen molar-refractivity contribution in [3.63, 3.8) is 0 Å². The van der Waals surface area contributed by atoms with Crippen molar-refractivity contribution >= 4 is 5.97 Å². The molecule has 0 amide bonds. The maximum absolute atomic E-state index is 10.8. The average Bonchev–Trinajstić information content (AvgIpc) is 2.35. The third-order valence-electron chi connectivity index (χ3n) is 1.88. The number of rotatable bonds is 2. The second-order valence-corrected chi connectivity index (χ2v) is 3.25. The molecule has 1 aromatic rings. The molecular formula is C8H12N2O2. The van der Waals surface area contributed by atoms with Crippen LogP contribution in [0.4, 0.5) is 0 Å². The van der Waals surface area contributed by atoms with E-state index in [1.54, 1.807) is 26.1 Å². The largest absolute Gasteiger partial charge is 0.479 e. The van der Waals surface area contributed by atoms with Gasteiger partial charge < -0.3 is 5.11 Å². The van der Waals surface area contributed by atoms with Gasteiger partial charge in [-0.3, -0.25) is 4.68 Å². The predicted molar refractivity (Wildman–Crippen MR) is 43.9 cm³/mol. The van der Waals surface area contributed by atoms with Gasteiger partial charge in [0.05, 0.1) is 0 Å². The van der Waals surface area contributed by atoms with Crippen LogP contribution >= 0.6 is 0 Å². The zero-order valence-corrected chi connectivity index (χ0v) is 7.40. The lowest BCUT2D eigenvalue weighted by Gasteiger charge is -2.21. The maximum Gasteiger partial charge on any atom is 0.331 e. The summed E-state index contributed by atoms with van der Waals surface area (Å²) in [6.07, 6.45) is 1.60. The van der Waals surface area contributed by atoms with Crippen LogP contribution in [0.2, 0.25) is 0 Å². The molecule has 0 unspecified atom stereocenters. The summed E-state index contributed by atoms with van der Waals surface area (Å²) in [6, 6.07) is 1.78. The van der Waals surface area contributed by atoms with Crippen LogP contribution in [-0.4, -0.2) is 20.9 Å². The quantitative estimate of drug-likeness (QED) is 0.717. The number of aliphatic carboxylic acids is 1. The first-order valence-corrected chi connectivity index (χ1v) is 3.71. The molecule has 0 saturated heterocycles. The lowest BCUT2D eigenvalue weighted by molar-refractivity contribution is -0.146. The van der Waals surface area contributed by atoms with Crippen LogP contribution < -0.4 is 0 Å². The lowest BCUT2D eigenvalue weighted by Crippen LogP contribution is -2.37.